The largest absolute Gasteiger partial charge is 0.278 e. The minimum atomic E-state index is -0.667. The topological polar surface area (TPSA) is 29.0 Å². The van der Waals surface area contributed by atoms with E-state index in [1.807, 2.05) is 0 Å². The summed E-state index contributed by atoms with van der Waals surface area (Å²) >= 11 is 0. The SMILES string of the molecule is C.CC(C)(C)c1cc2c3c(c1)C1(c4ccccc4-c4ccccc41)c1ccc(-c4ccccc4)nc1N3c1nc(-c3ccccc3)ccc1C21c2ccccc2-c2ccccc21. The second kappa shape index (κ2) is 12.8. The van der Waals surface area contributed by atoms with Gasteiger partial charge in [0.25, 0.3) is 0 Å². The minimum Gasteiger partial charge on any atom is -0.278 e. The molecular formula is C59H45N3. The van der Waals surface area contributed by atoms with Gasteiger partial charge in [0.15, 0.2) is 0 Å². The summed E-state index contributed by atoms with van der Waals surface area (Å²) in [5, 5.41) is 0. The van der Waals surface area contributed by atoms with Crippen LogP contribution in [0.5, 0.6) is 0 Å². The van der Waals surface area contributed by atoms with Gasteiger partial charge < -0.3 is 0 Å². The molecule has 0 atom stereocenters. The second-order valence-electron chi connectivity index (χ2n) is 18.1. The van der Waals surface area contributed by atoms with Gasteiger partial charge in [-0.2, -0.15) is 0 Å². The van der Waals surface area contributed by atoms with E-state index in [1.165, 1.54) is 66.9 Å². The van der Waals surface area contributed by atoms with Crippen molar-refractivity contribution in [2.75, 3.05) is 4.90 Å². The van der Waals surface area contributed by atoms with Crippen molar-refractivity contribution in [3.63, 3.8) is 0 Å². The monoisotopic (exact) mass is 795 g/mol. The van der Waals surface area contributed by atoms with Gasteiger partial charge in [0.2, 0.25) is 0 Å². The van der Waals surface area contributed by atoms with E-state index in [-0.39, 0.29) is 12.8 Å². The maximum atomic E-state index is 5.84. The van der Waals surface area contributed by atoms with E-state index in [0.717, 1.165) is 45.3 Å². The highest BCUT2D eigenvalue weighted by molar-refractivity contribution is 6.02. The van der Waals surface area contributed by atoms with E-state index in [9.17, 15) is 0 Å². The molecular weight excluding hydrogens is 751 g/mol. The zero-order valence-electron chi connectivity index (χ0n) is 34.3. The van der Waals surface area contributed by atoms with Crippen LogP contribution in [0.3, 0.4) is 0 Å². The third-order valence-electron chi connectivity index (χ3n) is 14.0. The normalized spacial score (nSPS) is 14.8. The molecule has 2 spiro atoms. The van der Waals surface area contributed by atoms with E-state index >= 15 is 0 Å². The molecule has 0 saturated carbocycles. The van der Waals surface area contributed by atoms with Gasteiger partial charge in [0, 0.05) is 22.3 Å². The summed E-state index contributed by atoms with van der Waals surface area (Å²) in [6.45, 7) is 7.09. The lowest BCUT2D eigenvalue weighted by Gasteiger charge is -2.51. The van der Waals surface area contributed by atoms with Gasteiger partial charge in [-0.3, -0.25) is 4.90 Å². The van der Waals surface area contributed by atoms with Gasteiger partial charge >= 0.3 is 0 Å². The summed E-state index contributed by atoms with van der Waals surface area (Å²) < 4.78 is 0. The van der Waals surface area contributed by atoms with Crippen molar-refractivity contribution >= 4 is 17.3 Å². The van der Waals surface area contributed by atoms with Gasteiger partial charge in [0.1, 0.15) is 11.6 Å². The van der Waals surface area contributed by atoms with E-state index in [0.29, 0.717) is 0 Å². The van der Waals surface area contributed by atoms with Gasteiger partial charge in [0.05, 0.1) is 27.9 Å². The number of hydrogen-bond donors (Lipinski definition) is 0. The lowest BCUT2D eigenvalue weighted by atomic mass is 9.58. The van der Waals surface area contributed by atoms with Crippen molar-refractivity contribution in [1.82, 2.24) is 9.97 Å². The zero-order valence-corrected chi connectivity index (χ0v) is 34.3. The van der Waals surface area contributed by atoms with Crippen molar-refractivity contribution in [3.8, 4) is 44.8 Å². The first-order chi connectivity index (χ1) is 29.9. The average molecular weight is 796 g/mol. The number of hydrogen-bond acceptors (Lipinski definition) is 3. The van der Waals surface area contributed by atoms with Gasteiger partial charge in [-0.15, -0.1) is 0 Å². The summed E-state index contributed by atoms with van der Waals surface area (Å²) in [6.07, 6.45) is 0. The summed E-state index contributed by atoms with van der Waals surface area (Å²) in [7, 11) is 0. The third kappa shape index (κ3) is 4.50. The Labute approximate surface area is 364 Å². The van der Waals surface area contributed by atoms with Crippen LogP contribution in [0.2, 0.25) is 0 Å². The van der Waals surface area contributed by atoms with Crippen molar-refractivity contribution in [2.45, 2.75) is 44.4 Å². The Hall–Kier alpha value is -7.36. The Kier molecular flexibility index (Phi) is 7.55. The smallest absolute Gasteiger partial charge is 0.144 e. The fraction of sp³-hybridized carbons (Fsp3) is 0.119. The molecule has 4 aliphatic rings. The molecule has 3 nitrogen and oxygen atoms in total. The van der Waals surface area contributed by atoms with Crippen molar-refractivity contribution in [3.05, 3.63) is 244 Å². The molecule has 296 valence electrons. The lowest BCUT2D eigenvalue weighted by Crippen LogP contribution is -2.44. The summed E-state index contributed by atoms with van der Waals surface area (Å²) in [5.41, 5.74) is 20.1. The van der Waals surface area contributed by atoms with Crippen LogP contribution >= 0.6 is 0 Å². The minimum absolute atomic E-state index is 0. The molecule has 0 radical (unpaired) electrons. The van der Waals surface area contributed by atoms with Crippen LogP contribution in [0.15, 0.2) is 194 Å². The van der Waals surface area contributed by atoms with Crippen LogP contribution in [0.4, 0.5) is 17.3 Å². The lowest BCUT2D eigenvalue weighted by molar-refractivity contribution is 0.582. The van der Waals surface area contributed by atoms with E-state index in [2.05, 4.69) is 220 Å². The summed E-state index contributed by atoms with van der Waals surface area (Å²) in [5.74, 6) is 1.83. The van der Waals surface area contributed by atoms with E-state index < -0.39 is 10.8 Å². The molecule has 9 aromatic rings. The molecule has 4 heterocycles. The second-order valence-corrected chi connectivity index (χ2v) is 18.1. The van der Waals surface area contributed by atoms with Crippen LogP contribution < -0.4 is 4.90 Å². The first-order valence-electron chi connectivity index (χ1n) is 21.4. The number of aromatic nitrogens is 2. The first kappa shape index (κ1) is 36.5. The molecule has 0 fully saturated rings. The highest BCUT2D eigenvalue weighted by Gasteiger charge is 2.59. The average Bonchev–Trinajstić information content (AvgIpc) is 3.77. The summed E-state index contributed by atoms with van der Waals surface area (Å²) in [4.78, 5) is 14.1. The van der Waals surface area contributed by atoms with E-state index in [1.54, 1.807) is 0 Å². The third-order valence-corrected chi connectivity index (χ3v) is 14.0. The number of fused-ring (bicyclic) bond motifs is 18. The fourth-order valence-electron chi connectivity index (χ4n) is 11.5. The van der Waals surface area contributed by atoms with Crippen LogP contribution in [-0.2, 0) is 16.2 Å². The Morgan fingerprint density at radius 1 is 0.371 bits per heavy atom. The standard InChI is InChI=1S/C58H41N3.CH4/c1-56(2,3)38-34-49-53-50(35-38)58(45-28-16-12-24-41(45)42-25-13-17-29-46(42)58)48-31-33-52(37-20-8-5-9-21-37)60-55(48)61(53)54-47(30-32-51(59-54)36-18-6-4-7-19-36)57(49)43-26-14-10-22-39(43)40-23-11-15-27-44(40)57;/h4-35H,1-3H3;1H4. The number of pyridine rings is 2. The van der Waals surface area contributed by atoms with Crippen LogP contribution in [0.25, 0.3) is 44.8 Å². The molecule has 0 bridgehead atoms. The quantitative estimate of drug-likeness (QED) is 0.174. The Bertz CT molecular complexity index is 3000. The maximum Gasteiger partial charge on any atom is 0.144 e. The zero-order chi connectivity index (χ0) is 40.7. The molecule has 2 aliphatic heterocycles. The van der Waals surface area contributed by atoms with Crippen LogP contribution in [-0.4, -0.2) is 9.97 Å². The van der Waals surface area contributed by atoms with Crippen molar-refractivity contribution < 1.29 is 0 Å². The molecule has 0 N–H and O–H groups in total. The maximum absolute atomic E-state index is 5.84. The fourth-order valence-corrected chi connectivity index (χ4v) is 11.5. The van der Waals surface area contributed by atoms with Crippen molar-refractivity contribution in [2.24, 2.45) is 0 Å². The Morgan fingerprint density at radius 2 is 0.710 bits per heavy atom. The highest BCUT2D eigenvalue weighted by atomic mass is 15.3. The molecule has 2 aliphatic carbocycles. The highest BCUT2D eigenvalue weighted by Crippen LogP contribution is 2.70. The molecule has 0 unspecified atom stereocenters. The molecule has 3 heteroatoms. The first-order valence-corrected chi connectivity index (χ1v) is 21.4. The van der Waals surface area contributed by atoms with Crippen molar-refractivity contribution in [1.29, 1.82) is 0 Å². The number of anilines is 3. The predicted molar refractivity (Wildman–Crippen MR) is 255 cm³/mol. The van der Waals surface area contributed by atoms with Gasteiger partial charge in [-0.25, -0.2) is 9.97 Å². The van der Waals surface area contributed by atoms with Crippen LogP contribution in [0.1, 0.15) is 78.3 Å². The number of nitrogens with zero attached hydrogens (tertiary/aromatic N) is 3. The molecule has 2 aromatic heterocycles. The number of rotatable bonds is 2. The molecule has 13 rings (SSSR count). The molecule has 62 heavy (non-hydrogen) atoms. The molecule has 7 aromatic carbocycles. The van der Waals surface area contributed by atoms with Gasteiger partial charge in [-0.1, -0.05) is 210 Å². The molecule has 0 amide bonds. The summed E-state index contributed by atoms with van der Waals surface area (Å²) in [6, 6.07) is 71.9. The van der Waals surface area contributed by atoms with Crippen LogP contribution in [0, 0.1) is 0 Å². The molecule has 0 saturated heterocycles. The number of benzene rings is 7. The predicted octanol–water partition coefficient (Wildman–Crippen LogP) is 14.6. The Morgan fingerprint density at radius 3 is 1.06 bits per heavy atom. The van der Waals surface area contributed by atoms with Gasteiger partial charge in [-0.05, 0) is 78.7 Å². The van der Waals surface area contributed by atoms with E-state index in [4.69, 9.17) is 9.97 Å². The Balaban J connectivity index is 0.00000410.